The normalized spacial score (nSPS) is 17.4. The molecular formula is C12H16ClFN2O2S. The maximum atomic E-state index is 13.1. The summed E-state index contributed by atoms with van der Waals surface area (Å²) >= 11 is 5.84. The van der Waals surface area contributed by atoms with E-state index >= 15 is 0 Å². The Morgan fingerprint density at radius 3 is 2.74 bits per heavy atom. The van der Waals surface area contributed by atoms with E-state index in [1.165, 1.54) is 12.1 Å². The van der Waals surface area contributed by atoms with Gasteiger partial charge < -0.3 is 5.32 Å². The fraction of sp³-hybridized carbons (Fsp3) is 0.500. The van der Waals surface area contributed by atoms with Gasteiger partial charge in [-0.2, -0.15) is 0 Å². The van der Waals surface area contributed by atoms with Crippen LogP contribution in [0, 0.1) is 11.7 Å². The highest BCUT2D eigenvalue weighted by atomic mass is 35.5. The van der Waals surface area contributed by atoms with E-state index in [9.17, 15) is 12.8 Å². The molecular weight excluding hydrogens is 291 g/mol. The van der Waals surface area contributed by atoms with Crippen molar-refractivity contribution >= 4 is 27.3 Å². The summed E-state index contributed by atoms with van der Waals surface area (Å²) in [5.41, 5.74) is 0.0931. The molecule has 0 saturated carbocycles. The van der Waals surface area contributed by atoms with E-state index in [1.54, 1.807) is 0 Å². The Bertz CT molecular complexity index is 545. The molecule has 1 aliphatic heterocycles. The second-order valence-electron chi connectivity index (χ2n) is 4.70. The summed E-state index contributed by atoms with van der Waals surface area (Å²) in [6, 6.07) is 3.61. The van der Waals surface area contributed by atoms with Gasteiger partial charge in [0, 0.05) is 0 Å². The van der Waals surface area contributed by atoms with Gasteiger partial charge >= 0.3 is 0 Å². The van der Waals surface area contributed by atoms with Crippen LogP contribution in [0.5, 0.6) is 0 Å². The van der Waals surface area contributed by atoms with Crippen LogP contribution in [-0.4, -0.2) is 27.3 Å². The smallest absolute Gasteiger partial charge is 0.233 e. The van der Waals surface area contributed by atoms with Crippen LogP contribution in [0.15, 0.2) is 18.2 Å². The summed E-state index contributed by atoms with van der Waals surface area (Å²) in [5.74, 6) is -0.350. The highest BCUT2D eigenvalue weighted by molar-refractivity contribution is 7.92. The van der Waals surface area contributed by atoms with Gasteiger partial charge in [-0.1, -0.05) is 11.6 Å². The summed E-state index contributed by atoms with van der Waals surface area (Å²) in [6.45, 7) is 1.67. The zero-order chi connectivity index (χ0) is 13.9. The molecule has 1 saturated heterocycles. The Hall–Kier alpha value is -0.850. The average Bonchev–Trinajstić information content (AvgIpc) is 2.34. The van der Waals surface area contributed by atoms with Crippen molar-refractivity contribution in [2.75, 3.05) is 23.6 Å². The van der Waals surface area contributed by atoms with E-state index in [0.29, 0.717) is 0 Å². The molecule has 19 heavy (non-hydrogen) atoms. The molecule has 0 aliphatic carbocycles. The van der Waals surface area contributed by atoms with Gasteiger partial charge in [-0.25, -0.2) is 12.8 Å². The molecule has 0 radical (unpaired) electrons. The van der Waals surface area contributed by atoms with Crippen molar-refractivity contribution in [2.45, 2.75) is 12.8 Å². The van der Waals surface area contributed by atoms with Crippen molar-refractivity contribution < 1.29 is 12.8 Å². The molecule has 7 heteroatoms. The van der Waals surface area contributed by atoms with E-state index in [0.717, 1.165) is 32.0 Å². The highest BCUT2D eigenvalue weighted by Gasteiger charge is 2.21. The van der Waals surface area contributed by atoms with Gasteiger partial charge in [0.05, 0.1) is 16.5 Å². The third-order valence-corrected chi connectivity index (χ3v) is 4.88. The van der Waals surface area contributed by atoms with Gasteiger partial charge in [0.1, 0.15) is 5.82 Å². The van der Waals surface area contributed by atoms with Gasteiger partial charge in [0.25, 0.3) is 0 Å². The maximum Gasteiger partial charge on any atom is 0.233 e. The van der Waals surface area contributed by atoms with Crippen molar-refractivity contribution in [3.05, 3.63) is 29.0 Å². The van der Waals surface area contributed by atoms with E-state index in [4.69, 9.17) is 11.6 Å². The van der Waals surface area contributed by atoms with Crippen LogP contribution in [0.3, 0.4) is 0 Å². The number of sulfonamides is 1. The molecule has 1 fully saturated rings. The zero-order valence-corrected chi connectivity index (χ0v) is 11.9. The zero-order valence-electron chi connectivity index (χ0n) is 10.3. The Morgan fingerprint density at radius 1 is 1.37 bits per heavy atom. The topological polar surface area (TPSA) is 58.2 Å². The molecule has 0 amide bonds. The minimum Gasteiger partial charge on any atom is -0.317 e. The van der Waals surface area contributed by atoms with Crippen LogP contribution in [0.4, 0.5) is 10.1 Å². The van der Waals surface area contributed by atoms with E-state index in [1.807, 2.05) is 0 Å². The molecule has 0 bridgehead atoms. The van der Waals surface area contributed by atoms with Crippen LogP contribution in [0.1, 0.15) is 12.8 Å². The third kappa shape index (κ3) is 4.33. The van der Waals surface area contributed by atoms with Crippen LogP contribution < -0.4 is 10.0 Å². The van der Waals surface area contributed by atoms with Crippen molar-refractivity contribution in [3.63, 3.8) is 0 Å². The van der Waals surface area contributed by atoms with E-state index in [-0.39, 0.29) is 22.4 Å². The number of piperidine rings is 1. The Kier molecular flexibility index (Phi) is 4.65. The summed E-state index contributed by atoms with van der Waals surface area (Å²) in [6.07, 6.45) is 1.66. The lowest BCUT2D eigenvalue weighted by Gasteiger charge is -2.22. The number of anilines is 1. The molecule has 0 atom stereocenters. The lowest BCUT2D eigenvalue weighted by Crippen LogP contribution is -2.33. The predicted molar refractivity (Wildman–Crippen MR) is 74.4 cm³/mol. The fourth-order valence-electron chi connectivity index (χ4n) is 2.14. The fourth-order valence-corrected chi connectivity index (χ4v) is 3.91. The molecule has 1 aromatic rings. The molecule has 4 nitrogen and oxygen atoms in total. The predicted octanol–water partition coefficient (Wildman–Crippen LogP) is 2.22. The number of halogens is 2. The Balaban J connectivity index is 2.05. The minimum atomic E-state index is -3.50. The lowest BCUT2D eigenvalue weighted by molar-refractivity contribution is 0.402. The Labute approximate surface area is 117 Å². The van der Waals surface area contributed by atoms with E-state index < -0.39 is 15.8 Å². The van der Waals surface area contributed by atoms with Gasteiger partial charge in [-0.05, 0) is 50.0 Å². The summed E-state index contributed by atoms with van der Waals surface area (Å²) in [4.78, 5) is 0. The van der Waals surface area contributed by atoms with Crippen molar-refractivity contribution in [2.24, 2.45) is 5.92 Å². The number of hydrogen-bond acceptors (Lipinski definition) is 3. The SMILES string of the molecule is O=S(=O)(CC1CCNCC1)Nc1cc(F)ccc1Cl. The monoisotopic (exact) mass is 306 g/mol. The molecule has 1 aliphatic rings. The summed E-state index contributed by atoms with van der Waals surface area (Å²) in [7, 11) is -3.50. The first-order chi connectivity index (χ1) is 8.96. The summed E-state index contributed by atoms with van der Waals surface area (Å²) < 4.78 is 39.5. The first-order valence-corrected chi connectivity index (χ1v) is 8.15. The molecule has 1 aromatic carbocycles. The lowest BCUT2D eigenvalue weighted by atomic mass is 10.0. The maximum absolute atomic E-state index is 13.1. The second-order valence-corrected chi connectivity index (χ2v) is 6.88. The minimum absolute atomic E-state index is 0.0432. The van der Waals surface area contributed by atoms with Gasteiger partial charge in [-0.3, -0.25) is 4.72 Å². The molecule has 2 N–H and O–H groups in total. The molecule has 2 rings (SSSR count). The average molecular weight is 307 g/mol. The first-order valence-electron chi connectivity index (χ1n) is 6.12. The largest absolute Gasteiger partial charge is 0.317 e. The van der Waals surface area contributed by atoms with Gasteiger partial charge in [-0.15, -0.1) is 0 Å². The van der Waals surface area contributed by atoms with Crippen LogP contribution in [0.2, 0.25) is 5.02 Å². The molecule has 0 spiro atoms. The van der Waals surface area contributed by atoms with Crippen LogP contribution >= 0.6 is 11.6 Å². The number of benzene rings is 1. The van der Waals surface area contributed by atoms with Crippen molar-refractivity contribution in [1.29, 1.82) is 0 Å². The summed E-state index contributed by atoms with van der Waals surface area (Å²) in [5, 5.41) is 3.37. The number of hydrogen-bond donors (Lipinski definition) is 2. The highest BCUT2D eigenvalue weighted by Crippen LogP contribution is 2.24. The molecule has 1 heterocycles. The van der Waals surface area contributed by atoms with Crippen molar-refractivity contribution in [3.8, 4) is 0 Å². The van der Waals surface area contributed by atoms with Crippen LogP contribution in [0.25, 0.3) is 0 Å². The van der Waals surface area contributed by atoms with Gasteiger partial charge in [0.2, 0.25) is 10.0 Å². The number of nitrogens with one attached hydrogen (secondary N) is 2. The Morgan fingerprint density at radius 2 is 2.05 bits per heavy atom. The first kappa shape index (κ1) is 14.6. The van der Waals surface area contributed by atoms with Crippen molar-refractivity contribution in [1.82, 2.24) is 5.32 Å². The quantitative estimate of drug-likeness (QED) is 0.897. The standard InChI is InChI=1S/C12H16ClFN2O2S/c13-11-2-1-10(14)7-12(11)16-19(17,18)8-9-3-5-15-6-4-9/h1-2,7,9,15-16H,3-6,8H2. The molecule has 0 unspecified atom stereocenters. The van der Waals surface area contributed by atoms with E-state index in [2.05, 4.69) is 10.0 Å². The second kappa shape index (κ2) is 6.07. The molecule has 106 valence electrons. The number of rotatable bonds is 4. The van der Waals surface area contributed by atoms with Crippen LogP contribution in [-0.2, 0) is 10.0 Å². The van der Waals surface area contributed by atoms with Gasteiger partial charge in [0.15, 0.2) is 0 Å². The third-order valence-electron chi connectivity index (χ3n) is 3.11. The molecule has 0 aromatic heterocycles.